The van der Waals surface area contributed by atoms with E-state index >= 15 is 0 Å². The molecule has 104 valence electrons. The molecule has 0 aliphatic carbocycles. The van der Waals surface area contributed by atoms with Crippen LogP contribution in [0.15, 0.2) is 41.3 Å². The van der Waals surface area contributed by atoms with Gasteiger partial charge in [-0.1, -0.05) is 35.3 Å². The fourth-order valence-corrected chi connectivity index (χ4v) is 2.64. The molecule has 0 aliphatic heterocycles. The average molecular weight is 308 g/mol. The van der Waals surface area contributed by atoms with Crippen LogP contribution in [0.4, 0.5) is 0 Å². The lowest BCUT2D eigenvalue weighted by molar-refractivity contribution is 0.971. The van der Waals surface area contributed by atoms with Crippen LogP contribution in [0.5, 0.6) is 0 Å². The zero-order chi connectivity index (χ0) is 14.7. The molecule has 2 aromatic rings. The highest BCUT2D eigenvalue weighted by Gasteiger charge is 2.12. The summed E-state index contributed by atoms with van der Waals surface area (Å²) in [6, 6.07) is 6.92. The predicted octanol–water partition coefficient (Wildman–Crippen LogP) is 4.54. The number of rotatable bonds is 3. The Hall–Kier alpha value is -1.51. The van der Waals surface area contributed by atoms with Gasteiger partial charge in [0.1, 0.15) is 0 Å². The molecule has 1 aromatic carbocycles. The molecule has 0 aliphatic rings. The number of halogens is 2. The van der Waals surface area contributed by atoms with Crippen molar-refractivity contribution in [2.24, 2.45) is 0 Å². The lowest BCUT2D eigenvalue weighted by Gasteiger charge is -2.12. The van der Waals surface area contributed by atoms with Crippen molar-refractivity contribution in [3.63, 3.8) is 0 Å². The second-order valence-electron chi connectivity index (χ2n) is 4.51. The van der Waals surface area contributed by atoms with Crippen molar-refractivity contribution < 1.29 is 0 Å². The Balaban J connectivity index is 2.54. The Morgan fingerprint density at radius 1 is 1.15 bits per heavy atom. The fraction of sp³-hybridized carbons (Fsp3) is 0.188. The zero-order valence-corrected chi connectivity index (χ0v) is 12.9. The van der Waals surface area contributed by atoms with E-state index in [0.29, 0.717) is 22.0 Å². The van der Waals surface area contributed by atoms with E-state index in [9.17, 15) is 4.79 Å². The van der Waals surface area contributed by atoms with E-state index in [-0.39, 0.29) is 5.43 Å². The van der Waals surface area contributed by atoms with Gasteiger partial charge in [0.2, 0.25) is 0 Å². The molecule has 0 saturated carbocycles. The first-order valence-electron chi connectivity index (χ1n) is 6.31. The lowest BCUT2D eigenvalue weighted by Crippen LogP contribution is -2.15. The minimum atomic E-state index is -0.000704. The highest BCUT2D eigenvalue weighted by atomic mass is 35.5. The smallest absolute Gasteiger partial charge is 0.185 e. The van der Waals surface area contributed by atoms with E-state index in [1.54, 1.807) is 30.5 Å². The molecule has 0 bridgehead atoms. The summed E-state index contributed by atoms with van der Waals surface area (Å²) in [6.45, 7) is 3.85. The molecule has 0 radical (unpaired) electrons. The van der Waals surface area contributed by atoms with Gasteiger partial charge in [-0.05, 0) is 31.5 Å². The summed E-state index contributed by atoms with van der Waals surface area (Å²) in [4.78, 5) is 12.1. The van der Waals surface area contributed by atoms with E-state index in [4.69, 9.17) is 23.2 Å². The molecule has 1 heterocycles. The third kappa shape index (κ3) is 2.97. The number of hydrogen-bond acceptors (Lipinski definition) is 1. The van der Waals surface area contributed by atoms with E-state index in [0.717, 1.165) is 11.3 Å². The molecular weight excluding hydrogens is 293 g/mol. The van der Waals surface area contributed by atoms with E-state index in [2.05, 4.69) is 0 Å². The van der Waals surface area contributed by atoms with Gasteiger partial charge in [-0.3, -0.25) is 4.79 Å². The average Bonchev–Trinajstić information content (AvgIpc) is 2.41. The summed E-state index contributed by atoms with van der Waals surface area (Å²) >= 11 is 12.4. The van der Waals surface area contributed by atoms with Crippen molar-refractivity contribution in [1.82, 2.24) is 4.57 Å². The Morgan fingerprint density at radius 3 is 2.40 bits per heavy atom. The van der Waals surface area contributed by atoms with Crippen LogP contribution < -0.4 is 5.43 Å². The van der Waals surface area contributed by atoms with Crippen molar-refractivity contribution in [2.45, 2.75) is 20.3 Å². The van der Waals surface area contributed by atoms with E-state index in [1.807, 2.05) is 30.7 Å². The van der Waals surface area contributed by atoms with Gasteiger partial charge in [-0.2, -0.15) is 0 Å². The Kier molecular flexibility index (Phi) is 4.69. The Labute approximate surface area is 128 Å². The normalized spacial score (nSPS) is 11.2. The maximum Gasteiger partial charge on any atom is 0.185 e. The van der Waals surface area contributed by atoms with Crippen molar-refractivity contribution in [1.29, 1.82) is 0 Å². The van der Waals surface area contributed by atoms with Crippen molar-refractivity contribution in [2.75, 3.05) is 0 Å². The molecule has 0 fully saturated rings. The van der Waals surface area contributed by atoms with Gasteiger partial charge < -0.3 is 4.57 Å². The molecule has 0 spiro atoms. The highest BCUT2D eigenvalue weighted by Crippen LogP contribution is 2.26. The standard InChI is InChI=1S/C16H15Cl2NO/c1-3-8-19-9-7-16(20)12(11(19)2)10-13-14(17)5-4-6-15(13)18/h3-9H,10H2,1-2H3/b8-3+. The predicted molar refractivity (Wildman–Crippen MR) is 85.7 cm³/mol. The summed E-state index contributed by atoms with van der Waals surface area (Å²) in [5, 5.41) is 1.16. The number of hydrogen-bond donors (Lipinski definition) is 0. The highest BCUT2D eigenvalue weighted by molar-refractivity contribution is 6.36. The third-order valence-corrected chi connectivity index (χ3v) is 3.94. The molecule has 2 rings (SSSR count). The molecule has 0 saturated heterocycles. The van der Waals surface area contributed by atoms with E-state index in [1.165, 1.54) is 0 Å². The summed E-state index contributed by atoms with van der Waals surface area (Å²) in [7, 11) is 0. The summed E-state index contributed by atoms with van der Waals surface area (Å²) in [5.74, 6) is 0. The summed E-state index contributed by atoms with van der Waals surface area (Å²) in [6.07, 6.45) is 6.02. The maximum atomic E-state index is 12.1. The SMILES string of the molecule is C/C=C/n1ccc(=O)c(Cc2c(Cl)cccc2Cl)c1C. The largest absolute Gasteiger partial charge is 0.328 e. The molecule has 20 heavy (non-hydrogen) atoms. The van der Waals surface area contributed by atoms with Crippen LogP contribution in [0, 0.1) is 6.92 Å². The molecule has 0 N–H and O–H groups in total. The first-order chi connectivity index (χ1) is 9.54. The maximum absolute atomic E-state index is 12.1. The quantitative estimate of drug-likeness (QED) is 0.815. The van der Waals surface area contributed by atoms with Gasteiger partial charge in [0.05, 0.1) is 0 Å². The number of allylic oxidation sites excluding steroid dienone is 1. The van der Waals surface area contributed by atoms with Gasteiger partial charge in [-0.15, -0.1) is 0 Å². The molecule has 1 aromatic heterocycles. The topological polar surface area (TPSA) is 22.0 Å². The second-order valence-corrected chi connectivity index (χ2v) is 5.33. The Bertz CT molecular complexity index is 697. The number of pyridine rings is 1. The first-order valence-corrected chi connectivity index (χ1v) is 7.06. The van der Waals surface area contributed by atoms with Gasteiger partial charge in [-0.25, -0.2) is 0 Å². The van der Waals surface area contributed by atoms with Crippen LogP contribution in [-0.2, 0) is 6.42 Å². The minimum absolute atomic E-state index is 0.000704. The van der Waals surface area contributed by atoms with Gasteiger partial charge >= 0.3 is 0 Å². The van der Waals surface area contributed by atoms with E-state index < -0.39 is 0 Å². The minimum Gasteiger partial charge on any atom is -0.328 e. The number of aromatic nitrogens is 1. The number of nitrogens with zero attached hydrogens (tertiary/aromatic N) is 1. The van der Waals surface area contributed by atoms with Gasteiger partial charge in [0.25, 0.3) is 0 Å². The van der Waals surface area contributed by atoms with Crippen LogP contribution in [-0.4, -0.2) is 4.57 Å². The monoisotopic (exact) mass is 307 g/mol. The fourth-order valence-electron chi connectivity index (χ4n) is 2.11. The zero-order valence-electron chi connectivity index (χ0n) is 11.4. The van der Waals surface area contributed by atoms with Gasteiger partial charge in [0.15, 0.2) is 5.43 Å². The van der Waals surface area contributed by atoms with Gasteiger partial charge in [0, 0.05) is 46.2 Å². The first kappa shape index (κ1) is 14.9. The third-order valence-electron chi connectivity index (χ3n) is 3.23. The van der Waals surface area contributed by atoms with Crippen LogP contribution in [0.2, 0.25) is 10.0 Å². The summed E-state index contributed by atoms with van der Waals surface area (Å²) in [5.41, 5.74) is 2.39. The molecule has 4 heteroatoms. The van der Waals surface area contributed by atoms with Crippen molar-refractivity contribution in [3.8, 4) is 0 Å². The second kappa shape index (κ2) is 6.29. The molecular formula is C16H15Cl2NO. The molecule has 0 atom stereocenters. The van der Waals surface area contributed by atoms with Crippen LogP contribution in [0.3, 0.4) is 0 Å². The van der Waals surface area contributed by atoms with Crippen molar-refractivity contribution >= 4 is 29.4 Å². The van der Waals surface area contributed by atoms with Crippen LogP contribution >= 0.6 is 23.2 Å². The molecule has 0 amide bonds. The lowest BCUT2D eigenvalue weighted by atomic mass is 10.0. The summed E-state index contributed by atoms with van der Waals surface area (Å²) < 4.78 is 1.92. The molecule has 2 nitrogen and oxygen atoms in total. The van der Waals surface area contributed by atoms with Crippen LogP contribution in [0.1, 0.15) is 23.7 Å². The Morgan fingerprint density at radius 2 is 1.80 bits per heavy atom. The number of benzene rings is 1. The van der Waals surface area contributed by atoms with Crippen molar-refractivity contribution in [3.05, 3.63) is 73.6 Å². The van der Waals surface area contributed by atoms with Crippen LogP contribution in [0.25, 0.3) is 6.20 Å². The molecule has 0 unspecified atom stereocenters.